The Morgan fingerprint density at radius 3 is 2.71 bits per heavy atom. The van der Waals surface area contributed by atoms with Crippen molar-refractivity contribution in [2.75, 3.05) is 11.3 Å². The number of nitrogens with zero attached hydrogens (tertiary/aromatic N) is 1. The van der Waals surface area contributed by atoms with Gasteiger partial charge in [-0.05, 0) is 44.2 Å². The van der Waals surface area contributed by atoms with E-state index in [0.29, 0.717) is 27.5 Å². The van der Waals surface area contributed by atoms with Gasteiger partial charge in [0.15, 0.2) is 11.4 Å². The Morgan fingerprint density at radius 1 is 1.14 bits per heavy atom. The van der Waals surface area contributed by atoms with Crippen LogP contribution in [0, 0.1) is 6.92 Å². The zero-order valence-corrected chi connectivity index (χ0v) is 15.9. The van der Waals surface area contributed by atoms with E-state index in [2.05, 4.69) is 9.88 Å². The van der Waals surface area contributed by atoms with E-state index in [0.717, 1.165) is 0 Å². The number of nitrogens with one attached hydrogen (secondary N) is 1. The van der Waals surface area contributed by atoms with Crippen LogP contribution in [0.4, 0.5) is 5.82 Å². The van der Waals surface area contributed by atoms with Gasteiger partial charge in [-0.25, -0.2) is 13.2 Å². The van der Waals surface area contributed by atoms with Gasteiger partial charge in [0.25, 0.3) is 10.0 Å². The highest BCUT2D eigenvalue weighted by molar-refractivity contribution is 7.92. The molecule has 0 bridgehead atoms. The third-order valence-corrected chi connectivity index (χ3v) is 5.62. The van der Waals surface area contributed by atoms with Crippen molar-refractivity contribution in [1.82, 2.24) is 5.16 Å². The van der Waals surface area contributed by atoms with Crippen molar-refractivity contribution >= 4 is 43.7 Å². The Balaban J connectivity index is 1.73. The Labute approximate surface area is 160 Å². The van der Waals surface area contributed by atoms with Crippen molar-refractivity contribution in [1.29, 1.82) is 0 Å². The summed E-state index contributed by atoms with van der Waals surface area (Å²) >= 11 is 0. The predicted octanol–water partition coefficient (Wildman–Crippen LogP) is 3.86. The van der Waals surface area contributed by atoms with Crippen molar-refractivity contribution in [3.8, 4) is 0 Å². The number of para-hydroxylation sites is 1. The van der Waals surface area contributed by atoms with E-state index in [1.54, 1.807) is 38.1 Å². The molecule has 4 aromatic rings. The second-order valence-electron chi connectivity index (χ2n) is 6.07. The van der Waals surface area contributed by atoms with Gasteiger partial charge in [0.2, 0.25) is 5.76 Å². The molecule has 0 saturated carbocycles. The van der Waals surface area contributed by atoms with Gasteiger partial charge < -0.3 is 13.7 Å². The molecular weight excluding hydrogens is 384 g/mol. The van der Waals surface area contributed by atoms with Gasteiger partial charge in [0, 0.05) is 10.9 Å². The molecule has 2 aromatic heterocycles. The fourth-order valence-electron chi connectivity index (χ4n) is 2.90. The van der Waals surface area contributed by atoms with Crippen LogP contribution in [0.3, 0.4) is 0 Å². The number of hydrogen-bond acceptors (Lipinski definition) is 7. The first-order chi connectivity index (χ1) is 13.4. The Kier molecular flexibility index (Phi) is 4.31. The van der Waals surface area contributed by atoms with Gasteiger partial charge >= 0.3 is 5.97 Å². The molecule has 4 rings (SSSR count). The summed E-state index contributed by atoms with van der Waals surface area (Å²) in [6, 6.07) is 11.3. The lowest BCUT2D eigenvalue weighted by atomic mass is 10.1. The Morgan fingerprint density at radius 2 is 1.93 bits per heavy atom. The average Bonchev–Trinajstić information content (AvgIpc) is 3.23. The molecule has 28 heavy (non-hydrogen) atoms. The smallest absolute Gasteiger partial charge is 0.374 e. The first kappa shape index (κ1) is 18.1. The summed E-state index contributed by atoms with van der Waals surface area (Å²) in [5.41, 5.74) is 1.38. The summed E-state index contributed by atoms with van der Waals surface area (Å²) in [6.07, 6.45) is 0. The molecule has 0 aliphatic carbocycles. The van der Waals surface area contributed by atoms with Crippen molar-refractivity contribution in [3.63, 3.8) is 0 Å². The summed E-state index contributed by atoms with van der Waals surface area (Å²) in [7, 11) is -3.93. The maximum absolute atomic E-state index is 12.8. The summed E-state index contributed by atoms with van der Waals surface area (Å²) < 4.78 is 43.7. The lowest BCUT2D eigenvalue weighted by molar-refractivity contribution is 0.0491. The highest BCUT2D eigenvalue weighted by Crippen LogP contribution is 2.30. The molecule has 144 valence electrons. The lowest BCUT2D eigenvalue weighted by Gasteiger charge is -2.05. The van der Waals surface area contributed by atoms with Crippen LogP contribution in [0.25, 0.3) is 21.9 Å². The Bertz CT molecular complexity index is 1300. The summed E-state index contributed by atoms with van der Waals surface area (Å²) in [5.74, 6) is -0.429. The number of benzene rings is 2. The lowest BCUT2D eigenvalue weighted by Crippen LogP contribution is -2.13. The molecule has 0 amide bonds. The third-order valence-electron chi connectivity index (χ3n) is 4.29. The highest BCUT2D eigenvalue weighted by atomic mass is 32.2. The first-order valence-electron chi connectivity index (χ1n) is 8.48. The number of esters is 1. The molecule has 0 aliphatic heterocycles. The van der Waals surface area contributed by atoms with Gasteiger partial charge in [0.05, 0.1) is 16.9 Å². The number of sulfonamides is 1. The average molecular weight is 400 g/mol. The summed E-state index contributed by atoms with van der Waals surface area (Å²) in [5, 5.41) is 4.85. The zero-order valence-electron chi connectivity index (χ0n) is 15.1. The zero-order chi connectivity index (χ0) is 19.9. The highest BCUT2D eigenvalue weighted by Gasteiger charge is 2.23. The number of aromatic nitrogens is 1. The molecule has 0 unspecified atom stereocenters. The van der Waals surface area contributed by atoms with E-state index in [1.807, 2.05) is 0 Å². The van der Waals surface area contributed by atoms with Crippen molar-refractivity contribution in [3.05, 3.63) is 53.8 Å². The molecule has 0 atom stereocenters. The molecule has 1 N–H and O–H groups in total. The topological polar surface area (TPSA) is 112 Å². The molecule has 0 aliphatic rings. The SMILES string of the molecule is CCOC(=O)c1oc2ccc(S(=O)(=O)Nc3noc4ccccc34)cc2c1C. The van der Waals surface area contributed by atoms with Crippen molar-refractivity contribution < 1.29 is 26.9 Å². The fourth-order valence-corrected chi connectivity index (χ4v) is 3.94. The molecule has 0 fully saturated rings. The van der Waals surface area contributed by atoms with Crippen LogP contribution in [0.2, 0.25) is 0 Å². The van der Waals surface area contributed by atoms with E-state index < -0.39 is 16.0 Å². The fraction of sp³-hybridized carbons (Fsp3) is 0.158. The van der Waals surface area contributed by atoms with Crippen LogP contribution in [0.15, 0.2) is 56.3 Å². The summed E-state index contributed by atoms with van der Waals surface area (Å²) in [6.45, 7) is 3.58. The van der Waals surface area contributed by atoms with Crippen LogP contribution in [0.1, 0.15) is 23.0 Å². The number of carbonyl (C=O) groups excluding carboxylic acids is 1. The molecule has 0 saturated heterocycles. The van der Waals surface area contributed by atoms with Crippen LogP contribution < -0.4 is 4.72 Å². The number of furan rings is 1. The molecule has 8 nitrogen and oxygen atoms in total. The number of anilines is 1. The molecule has 2 aromatic carbocycles. The van der Waals surface area contributed by atoms with Gasteiger partial charge in [-0.15, -0.1) is 0 Å². The van der Waals surface area contributed by atoms with Gasteiger partial charge in [-0.1, -0.05) is 17.3 Å². The standard InChI is InChI=1S/C19H16N2O6S/c1-3-25-19(22)17-11(2)14-10-12(8-9-15(14)26-17)28(23,24)21-18-13-6-4-5-7-16(13)27-20-18/h4-10H,3H2,1-2H3,(H,20,21). The van der Waals surface area contributed by atoms with E-state index >= 15 is 0 Å². The molecular formula is C19H16N2O6S. The predicted molar refractivity (Wildman–Crippen MR) is 102 cm³/mol. The third kappa shape index (κ3) is 2.99. The van der Waals surface area contributed by atoms with Gasteiger partial charge in [-0.2, -0.15) is 0 Å². The quantitative estimate of drug-likeness (QED) is 0.506. The van der Waals surface area contributed by atoms with Gasteiger partial charge in [-0.3, -0.25) is 4.72 Å². The van der Waals surface area contributed by atoms with E-state index in [1.165, 1.54) is 18.2 Å². The van der Waals surface area contributed by atoms with E-state index in [-0.39, 0.29) is 23.1 Å². The Hall–Kier alpha value is -3.33. The summed E-state index contributed by atoms with van der Waals surface area (Å²) in [4.78, 5) is 12.0. The number of aryl methyl sites for hydroxylation is 1. The van der Waals surface area contributed by atoms with Crippen molar-refractivity contribution in [2.24, 2.45) is 0 Å². The van der Waals surface area contributed by atoms with Crippen LogP contribution in [-0.2, 0) is 14.8 Å². The monoisotopic (exact) mass is 400 g/mol. The number of hydrogen-bond donors (Lipinski definition) is 1. The normalized spacial score (nSPS) is 11.8. The largest absolute Gasteiger partial charge is 0.460 e. The van der Waals surface area contributed by atoms with Gasteiger partial charge in [0.1, 0.15) is 5.58 Å². The molecule has 0 spiro atoms. The maximum Gasteiger partial charge on any atom is 0.374 e. The second kappa shape index (κ2) is 6.68. The van der Waals surface area contributed by atoms with Crippen molar-refractivity contribution in [2.45, 2.75) is 18.7 Å². The number of carbonyl (C=O) groups is 1. The minimum absolute atomic E-state index is 0.00592. The molecule has 2 heterocycles. The number of ether oxygens (including phenoxy) is 1. The second-order valence-corrected chi connectivity index (χ2v) is 7.75. The van der Waals surface area contributed by atoms with Crippen LogP contribution >= 0.6 is 0 Å². The minimum atomic E-state index is -3.93. The maximum atomic E-state index is 12.8. The van der Waals surface area contributed by atoms with E-state index in [9.17, 15) is 13.2 Å². The van der Waals surface area contributed by atoms with E-state index in [4.69, 9.17) is 13.7 Å². The number of rotatable bonds is 5. The molecule has 0 radical (unpaired) electrons. The molecule has 9 heteroatoms. The minimum Gasteiger partial charge on any atom is -0.460 e. The number of fused-ring (bicyclic) bond motifs is 2. The first-order valence-corrected chi connectivity index (χ1v) is 9.96. The van der Waals surface area contributed by atoms with Crippen LogP contribution in [0.5, 0.6) is 0 Å². The van der Waals surface area contributed by atoms with Crippen LogP contribution in [-0.4, -0.2) is 26.2 Å².